The van der Waals surface area contributed by atoms with E-state index in [1.165, 1.54) is 0 Å². The number of rotatable bonds is 5. The van der Waals surface area contributed by atoms with Gasteiger partial charge in [0.05, 0.1) is 4.34 Å². The van der Waals surface area contributed by atoms with E-state index in [2.05, 4.69) is 4.72 Å². The molecule has 0 aromatic carbocycles. The van der Waals surface area contributed by atoms with Gasteiger partial charge in [0.2, 0.25) is 10.0 Å². The maximum Gasteiger partial charge on any atom is 0.250 e. The van der Waals surface area contributed by atoms with Crippen LogP contribution in [-0.2, 0) is 10.0 Å². The summed E-state index contributed by atoms with van der Waals surface area (Å²) in [6, 6.07) is 1.56. The highest BCUT2D eigenvalue weighted by Gasteiger charge is 2.17. The highest BCUT2D eigenvalue weighted by Crippen LogP contribution is 2.29. The average molecular weight is 300 g/mol. The molecular formula is C9H11Cl2NO2S2. The van der Waals surface area contributed by atoms with Crippen LogP contribution in [0.4, 0.5) is 0 Å². The molecule has 0 aliphatic heterocycles. The van der Waals surface area contributed by atoms with Crippen molar-refractivity contribution >= 4 is 44.6 Å². The van der Waals surface area contributed by atoms with E-state index in [0.29, 0.717) is 10.2 Å². The van der Waals surface area contributed by atoms with Gasteiger partial charge in [-0.15, -0.1) is 22.9 Å². The topological polar surface area (TPSA) is 46.2 Å². The molecule has 0 spiro atoms. The van der Waals surface area contributed by atoms with Crippen molar-refractivity contribution in [3.63, 3.8) is 0 Å². The van der Waals surface area contributed by atoms with E-state index in [9.17, 15) is 8.42 Å². The van der Waals surface area contributed by atoms with E-state index >= 15 is 0 Å². The van der Waals surface area contributed by atoms with E-state index in [0.717, 1.165) is 16.9 Å². The Bertz CT molecular complexity index is 460. The highest BCUT2D eigenvalue weighted by molar-refractivity contribution is 7.91. The van der Waals surface area contributed by atoms with Crippen molar-refractivity contribution < 1.29 is 8.42 Å². The lowest BCUT2D eigenvalue weighted by Crippen LogP contribution is -2.22. The van der Waals surface area contributed by atoms with Crippen molar-refractivity contribution in [2.45, 2.75) is 11.1 Å². The molecule has 0 radical (unpaired) electrons. The molecule has 16 heavy (non-hydrogen) atoms. The number of thiophene rings is 1. The summed E-state index contributed by atoms with van der Waals surface area (Å²) < 4.78 is 26.6. The summed E-state index contributed by atoms with van der Waals surface area (Å²) in [7, 11) is -3.45. The average Bonchev–Trinajstić information content (AvgIpc) is 2.55. The third-order valence-electron chi connectivity index (χ3n) is 1.75. The predicted octanol–water partition coefficient (Wildman–Crippen LogP) is 2.78. The SMILES string of the molecule is Cc1cc(S(=O)(=O)NC/C=C/CCl)sc1Cl. The minimum atomic E-state index is -3.45. The maximum absolute atomic E-state index is 11.7. The number of sulfonamides is 1. The van der Waals surface area contributed by atoms with E-state index in [4.69, 9.17) is 23.2 Å². The molecular weight excluding hydrogens is 289 g/mol. The van der Waals surface area contributed by atoms with E-state index in [1.54, 1.807) is 25.1 Å². The molecule has 90 valence electrons. The van der Waals surface area contributed by atoms with Crippen molar-refractivity contribution in [2.75, 3.05) is 12.4 Å². The van der Waals surface area contributed by atoms with Gasteiger partial charge in [-0.2, -0.15) is 0 Å². The van der Waals surface area contributed by atoms with Gasteiger partial charge in [-0.1, -0.05) is 23.8 Å². The zero-order chi connectivity index (χ0) is 12.2. The van der Waals surface area contributed by atoms with Gasteiger partial charge in [-0.25, -0.2) is 13.1 Å². The molecule has 1 rings (SSSR count). The normalized spacial score (nSPS) is 12.4. The fourth-order valence-corrected chi connectivity index (χ4v) is 3.79. The van der Waals surface area contributed by atoms with Crippen molar-refractivity contribution in [1.82, 2.24) is 4.72 Å². The monoisotopic (exact) mass is 299 g/mol. The maximum atomic E-state index is 11.7. The number of hydrogen-bond acceptors (Lipinski definition) is 3. The van der Waals surface area contributed by atoms with Gasteiger partial charge in [-0.05, 0) is 18.6 Å². The third-order valence-corrected chi connectivity index (χ3v) is 5.38. The smallest absolute Gasteiger partial charge is 0.207 e. The zero-order valence-corrected chi connectivity index (χ0v) is 11.7. The fraction of sp³-hybridized carbons (Fsp3) is 0.333. The van der Waals surface area contributed by atoms with Crippen LogP contribution in [0.3, 0.4) is 0 Å². The molecule has 0 atom stereocenters. The van der Waals surface area contributed by atoms with Crippen LogP contribution in [0, 0.1) is 6.92 Å². The molecule has 0 saturated carbocycles. The van der Waals surface area contributed by atoms with E-state index in [1.807, 2.05) is 0 Å². The number of nitrogens with one attached hydrogen (secondary N) is 1. The summed E-state index contributed by atoms with van der Waals surface area (Å²) in [5.74, 6) is 0.367. The van der Waals surface area contributed by atoms with Crippen LogP contribution in [-0.4, -0.2) is 20.8 Å². The second-order valence-corrected chi connectivity index (χ2v) is 6.96. The van der Waals surface area contributed by atoms with Gasteiger partial charge in [0.25, 0.3) is 0 Å². The second kappa shape index (κ2) is 6.02. The Balaban J connectivity index is 2.74. The molecule has 3 nitrogen and oxygen atoms in total. The summed E-state index contributed by atoms with van der Waals surface area (Å²) in [5, 5.41) is 0. The highest BCUT2D eigenvalue weighted by atomic mass is 35.5. The van der Waals surface area contributed by atoms with Gasteiger partial charge in [0.15, 0.2) is 0 Å². The van der Waals surface area contributed by atoms with Crippen LogP contribution in [0.1, 0.15) is 5.56 Å². The molecule has 1 aromatic heterocycles. The Morgan fingerprint density at radius 1 is 1.50 bits per heavy atom. The molecule has 7 heteroatoms. The lowest BCUT2D eigenvalue weighted by Gasteiger charge is -2.00. The lowest BCUT2D eigenvalue weighted by molar-refractivity contribution is 0.587. The molecule has 0 aliphatic rings. The summed E-state index contributed by atoms with van der Waals surface area (Å²) in [6.45, 7) is 1.99. The van der Waals surface area contributed by atoms with E-state index in [-0.39, 0.29) is 10.8 Å². The molecule has 0 bridgehead atoms. The molecule has 1 aromatic rings. The fourth-order valence-electron chi connectivity index (χ4n) is 0.939. The first kappa shape index (κ1) is 14.0. The quantitative estimate of drug-likeness (QED) is 0.671. The first-order valence-corrected chi connectivity index (χ1v) is 7.65. The molecule has 0 unspecified atom stereocenters. The van der Waals surface area contributed by atoms with Crippen molar-refractivity contribution in [3.8, 4) is 0 Å². The van der Waals surface area contributed by atoms with E-state index < -0.39 is 10.0 Å². The van der Waals surface area contributed by atoms with Gasteiger partial charge in [-0.3, -0.25) is 0 Å². The third kappa shape index (κ3) is 3.75. The molecule has 1 N–H and O–H groups in total. The Morgan fingerprint density at radius 2 is 2.19 bits per heavy atom. The van der Waals surface area contributed by atoms with Crippen LogP contribution in [0.25, 0.3) is 0 Å². The standard InChI is InChI=1S/C9H11Cl2NO2S2/c1-7-6-8(15-9(7)11)16(13,14)12-5-3-2-4-10/h2-3,6,12H,4-5H2,1H3/b3-2+. The van der Waals surface area contributed by atoms with Crippen LogP contribution < -0.4 is 4.72 Å². The number of hydrogen-bond donors (Lipinski definition) is 1. The summed E-state index contributed by atoms with van der Waals surface area (Å²) in [5.41, 5.74) is 0.767. The minimum absolute atomic E-state index is 0.226. The first-order valence-electron chi connectivity index (χ1n) is 4.44. The molecule has 0 fully saturated rings. The predicted molar refractivity (Wildman–Crippen MR) is 69.1 cm³/mol. The van der Waals surface area contributed by atoms with Crippen molar-refractivity contribution in [3.05, 3.63) is 28.1 Å². The zero-order valence-electron chi connectivity index (χ0n) is 8.54. The van der Waals surface area contributed by atoms with Crippen LogP contribution in [0.2, 0.25) is 4.34 Å². The largest absolute Gasteiger partial charge is 0.250 e. The van der Waals surface area contributed by atoms with Gasteiger partial charge in [0, 0.05) is 12.4 Å². The number of allylic oxidation sites excluding steroid dienone is 1. The lowest BCUT2D eigenvalue weighted by atomic mass is 10.4. The molecule has 0 amide bonds. The number of aryl methyl sites for hydroxylation is 1. The van der Waals surface area contributed by atoms with Crippen molar-refractivity contribution in [1.29, 1.82) is 0 Å². The molecule has 0 saturated heterocycles. The van der Waals surface area contributed by atoms with Crippen LogP contribution in [0.5, 0.6) is 0 Å². The van der Waals surface area contributed by atoms with Crippen LogP contribution >= 0.6 is 34.5 Å². The van der Waals surface area contributed by atoms with Gasteiger partial charge in [0.1, 0.15) is 4.21 Å². The van der Waals surface area contributed by atoms with Crippen molar-refractivity contribution in [2.24, 2.45) is 0 Å². The Morgan fingerprint density at radius 3 is 2.69 bits per heavy atom. The number of halogens is 2. The Kier molecular flexibility index (Phi) is 5.27. The summed E-state index contributed by atoms with van der Waals surface area (Å²) >= 11 is 12.3. The molecule has 1 heterocycles. The van der Waals surface area contributed by atoms with Gasteiger partial charge < -0.3 is 0 Å². The first-order chi connectivity index (χ1) is 7.47. The van der Waals surface area contributed by atoms with Crippen LogP contribution in [0.15, 0.2) is 22.4 Å². The van der Waals surface area contributed by atoms with Gasteiger partial charge >= 0.3 is 0 Å². The second-order valence-electron chi connectivity index (χ2n) is 3.00. The summed E-state index contributed by atoms with van der Waals surface area (Å²) in [4.78, 5) is 0. The Hall–Kier alpha value is -0.0700. The minimum Gasteiger partial charge on any atom is -0.207 e. The Labute approximate surface area is 109 Å². The molecule has 0 aliphatic carbocycles. The number of alkyl halides is 1. The summed E-state index contributed by atoms with van der Waals surface area (Å²) in [6.07, 6.45) is 3.34.